The Morgan fingerprint density at radius 1 is 1.42 bits per heavy atom. The molecule has 0 aliphatic rings. The average Bonchev–Trinajstić information content (AvgIpc) is 2.74. The highest BCUT2D eigenvalue weighted by molar-refractivity contribution is 5.25. The largest absolute Gasteiger partial charge is 0.493 e. The second-order valence-electron chi connectivity index (χ2n) is 5.40. The molecule has 1 aromatic rings. The second-order valence-corrected chi connectivity index (χ2v) is 5.40. The minimum Gasteiger partial charge on any atom is -0.493 e. The molecule has 0 fully saturated rings. The van der Waals surface area contributed by atoms with E-state index in [0.29, 0.717) is 6.04 Å². The molecular weight excluding hydrogens is 240 g/mol. The van der Waals surface area contributed by atoms with Crippen molar-refractivity contribution >= 4 is 0 Å². The van der Waals surface area contributed by atoms with Gasteiger partial charge in [0.25, 0.3) is 0 Å². The zero-order valence-corrected chi connectivity index (χ0v) is 12.9. The molecule has 0 radical (unpaired) electrons. The molecule has 0 saturated heterocycles. The molecular formula is C14H28N4O. The van der Waals surface area contributed by atoms with Crippen molar-refractivity contribution in [1.29, 1.82) is 0 Å². The Hall–Kier alpha value is -1.07. The SMILES string of the molecule is COc1cnn(CCN(C)C)c1CCCNC(C)C. The molecule has 5 heteroatoms. The van der Waals surface area contributed by atoms with E-state index in [1.165, 1.54) is 5.69 Å². The fourth-order valence-corrected chi connectivity index (χ4v) is 1.95. The van der Waals surface area contributed by atoms with E-state index < -0.39 is 0 Å². The molecule has 19 heavy (non-hydrogen) atoms. The van der Waals surface area contributed by atoms with Gasteiger partial charge < -0.3 is 15.0 Å². The molecule has 0 bridgehead atoms. The first-order valence-corrected chi connectivity index (χ1v) is 7.01. The van der Waals surface area contributed by atoms with Crippen LogP contribution in [0.25, 0.3) is 0 Å². The fourth-order valence-electron chi connectivity index (χ4n) is 1.95. The molecule has 1 N–H and O–H groups in total. The van der Waals surface area contributed by atoms with Crippen LogP contribution in [0.2, 0.25) is 0 Å². The molecule has 0 aliphatic carbocycles. The Morgan fingerprint density at radius 2 is 2.16 bits per heavy atom. The Labute approximate surface area is 116 Å². The van der Waals surface area contributed by atoms with Crippen molar-refractivity contribution in [1.82, 2.24) is 20.0 Å². The maximum atomic E-state index is 5.39. The van der Waals surface area contributed by atoms with Gasteiger partial charge in [-0.1, -0.05) is 13.8 Å². The lowest BCUT2D eigenvalue weighted by molar-refractivity contribution is 0.364. The molecule has 110 valence electrons. The number of likely N-dealkylation sites (N-methyl/N-ethyl adjacent to an activating group) is 1. The third-order valence-electron chi connectivity index (χ3n) is 3.03. The normalized spacial score (nSPS) is 11.5. The Balaban J connectivity index is 2.54. The summed E-state index contributed by atoms with van der Waals surface area (Å²) in [5, 5.41) is 7.85. The molecule has 0 spiro atoms. The fraction of sp³-hybridized carbons (Fsp3) is 0.786. The van der Waals surface area contributed by atoms with Crippen molar-refractivity contribution in [2.24, 2.45) is 0 Å². The van der Waals surface area contributed by atoms with Crippen LogP contribution in [0.5, 0.6) is 5.75 Å². The second kappa shape index (κ2) is 8.17. The number of hydrogen-bond donors (Lipinski definition) is 1. The lowest BCUT2D eigenvalue weighted by Crippen LogP contribution is -2.24. The third kappa shape index (κ3) is 5.61. The summed E-state index contributed by atoms with van der Waals surface area (Å²) < 4.78 is 7.46. The molecule has 5 nitrogen and oxygen atoms in total. The van der Waals surface area contributed by atoms with Gasteiger partial charge in [0.15, 0.2) is 5.75 Å². The molecule has 0 aliphatic heterocycles. The minimum atomic E-state index is 0.542. The highest BCUT2D eigenvalue weighted by Crippen LogP contribution is 2.19. The van der Waals surface area contributed by atoms with Crippen LogP contribution in [0, 0.1) is 0 Å². The summed E-state index contributed by atoms with van der Waals surface area (Å²) in [5.74, 6) is 0.906. The topological polar surface area (TPSA) is 42.3 Å². The summed E-state index contributed by atoms with van der Waals surface area (Å²) in [6.45, 7) is 7.26. The Kier molecular flexibility index (Phi) is 6.87. The molecule has 0 atom stereocenters. The minimum absolute atomic E-state index is 0.542. The van der Waals surface area contributed by atoms with Crippen LogP contribution in [0.1, 0.15) is 26.0 Å². The number of nitrogens with one attached hydrogen (secondary N) is 1. The van der Waals surface area contributed by atoms with Gasteiger partial charge in [-0.3, -0.25) is 4.68 Å². The zero-order chi connectivity index (χ0) is 14.3. The summed E-state index contributed by atoms with van der Waals surface area (Å²) in [5.41, 5.74) is 1.20. The predicted octanol–water partition coefficient (Wildman–Crippen LogP) is 1.38. The monoisotopic (exact) mass is 268 g/mol. The highest BCUT2D eigenvalue weighted by Gasteiger charge is 2.11. The van der Waals surface area contributed by atoms with Crippen LogP contribution in [-0.4, -0.2) is 55.0 Å². The first kappa shape index (κ1) is 16.0. The standard InChI is InChI=1S/C14H28N4O/c1-12(2)15-8-6-7-13-14(19-5)11-16-18(13)10-9-17(3)4/h11-12,15H,6-10H2,1-5H3. The van der Waals surface area contributed by atoms with Crippen molar-refractivity contribution in [2.75, 3.05) is 34.3 Å². The lowest BCUT2D eigenvalue weighted by Gasteiger charge is -2.13. The summed E-state index contributed by atoms with van der Waals surface area (Å²) in [6.07, 6.45) is 3.92. The van der Waals surface area contributed by atoms with Crippen LogP contribution in [0.3, 0.4) is 0 Å². The first-order chi connectivity index (χ1) is 9.04. The van der Waals surface area contributed by atoms with Gasteiger partial charge in [0.1, 0.15) is 0 Å². The summed E-state index contributed by atoms with van der Waals surface area (Å²) in [4.78, 5) is 2.16. The Bertz CT molecular complexity index is 360. The molecule has 0 unspecified atom stereocenters. The van der Waals surface area contributed by atoms with Gasteiger partial charge in [-0.05, 0) is 33.5 Å². The van der Waals surface area contributed by atoms with Gasteiger partial charge in [-0.15, -0.1) is 0 Å². The molecule has 1 aromatic heterocycles. The van der Waals surface area contributed by atoms with Gasteiger partial charge in [0.2, 0.25) is 0 Å². The zero-order valence-electron chi connectivity index (χ0n) is 12.9. The number of ether oxygens (including phenoxy) is 1. The Morgan fingerprint density at radius 3 is 2.74 bits per heavy atom. The van der Waals surface area contributed by atoms with E-state index in [0.717, 1.165) is 38.2 Å². The molecule has 1 heterocycles. The van der Waals surface area contributed by atoms with Gasteiger partial charge in [-0.2, -0.15) is 5.10 Å². The van der Waals surface area contributed by atoms with E-state index in [4.69, 9.17) is 4.74 Å². The molecule has 0 saturated carbocycles. The van der Waals surface area contributed by atoms with Crippen LogP contribution < -0.4 is 10.1 Å². The highest BCUT2D eigenvalue weighted by atomic mass is 16.5. The summed E-state index contributed by atoms with van der Waals surface area (Å²) in [6, 6.07) is 0.542. The number of aromatic nitrogens is 2. The van der Waals surface area contributed by atoms with Gasteiger partial charge in [0.05, 0.1) is 25.5 Å². The van der Waals surface area contributed by atoms with Crippen molar-refractivity contribution in [3.63, 3.8) is 0 Å². The summed E-state index contributed by atoms with van der Waals surface area (Å²) >= 11 is 0. The van der Waals surface area contributed by atoms with Crippen LogP contribution in [-0.2, 0) is 13.0 Å². The van der Waals surface area contributed by atoms with Crippen LogP contribution in [0.4, 0.5) is 0 Å². The number of methoxy groups -OCH3 is 1. The van der Waals surface area contributed by atoms with E-state index in [1.807, 2.05) is 6.20 Å². The van der Waals surface area contributed by atoms with E-state index in [1.54, 1.807) is 7.11 Å². The van der Waals surface area contributed by atoms with Crippen molar-refractivity contribution in [3.8, 4) is 5.75 Å². The molecule has 0 aromatic carbocycles. The number of nitrogens with zero attached hydrogens (tertiary/aromatic N) is 3. The lowest BCUT2D eigenvalue weighted by atomic mass is 10.2. The van der Waals surface area contributed by atoms with E-state index in [9.17, 15) is 0 Å². The smallest absolute Gasteiger partial charge is 0.159 e. The van der Waals surface area contributed by atoms with Crippen LogP contribution >= 0.6 is 0 Å². The average molecular weight is 268 g/mol. The van der Waals surface area contributed by atoms with E-state index >= 15 is 0 Å². The van der Waals surface area contributed by atoms with Crippen molar-refractivity contribution < 1.29 is 4.74 Å². The van der Waals surface area contributed by atoms with Crippen molar-refractivity contribution in [2.45, 2.75) is 39.3 Å². The first-order valence-electron chi connectivity index (χ1n) is 7.01. The molecule has 1 rings (SSSR count). The predicted molar refractivity (Wildman–Crippen MR) is 78.8 cm³/mol. The van der Waals surface area contributed by atoms with E-state index in [2.05, 4.69) is 47.9 Å². The van der Waals surface area contributed by atoms with E-state index in [-0.39, 0.29) is 0 Å². The maximum absolute atomic E-state index is 5.39. The van der Waals surface area contributed by atoms with Gasteiger partial charge in [-0.25, -0.2) is 0 Å². The maximum Gasteiger partial charge on any atom is 0.159 e. The number of hydrogen-bond acceptors (Lipinski definition) is 4. The quantitative estimate of drug-likeness (QED) is 0.687. The number of rotatable bonds is 9. The summed E-state index contributed by atoms with van der Waals surface area (Å²) in [7, 11) is 5.86. The van der Waals surface area contributed by atoms with Gasteiger partial charge in [0, 0.05) is 12.6 Å². The molecule has 0 amide bonds. The van der Waals surface area contributed by atoms with Gasteiger partial charge >= 0.3 is 0 Å². The van der Waals surface area contributed by atoms with Crippen LogP contribution in [0.15, 0.2) is 6.20 Å². The third-order valence-corrected chi connectivity index (χ3v) is 3.03. The van der Waals surface area contributed by atoms with Crippen molar-refractivity contribution in [3.05, 3.63) is 11.9 Å².